The van der Waals surface area contributed by atoms with Crippen molar-refractivity contribution in [2.45, 2.75) is 44.6 Å². The molecule has 2 aliphatic rings. The Labute approximate surface area is 239 Å². The van der Waals surface area contributed by atoms with Gasteiger partial charge in [-0.25, -0.2) is 4.79 Å². The summed E-state index contributed by atoms with van der Waals surface area (Å²) in [5.74, 6) is -0.989. The molecule has 1 atom stereocenters. The minimum atomic E-state index is -0.814. The number of anilines is 1. The van der Waals surface area contributed by atoms with E-state index in [0.717, 1.165) is 70.5 Å². The van der Waals surface area contributed by atoms with Gasteiger partial charge in [0.05, 0.1) is 41.3 Å². The van der Waals surface area contributed by atoms with E-state index in [4.69, 9.17) is 32.7 Å². The Morgan fingerprint density at radius 2 is 1.67 bits per heavy atom. The van der Waals surface area contributed by atoms with Crippen molar-refractivity contribution in [3.63, 3.8) is 0 Å². The summed E-state index contributed by atoms with van der Waals surface area (Å²) >= 11 is 12.3. The van der Waals surface area contributed by atoms with Gasteiger partial charge in [0.1, 0.15) is 6.04 Å². The lowest BCUT2D eigenvalue weighted by Gasteiger charge is -2.33. The average molecular weight is 577 g/mol. The first-order chi connectivity index (χ1) is 18.8. The number of nitrogens with zero attached hydrogens (tertiary/aromatic N) is 1. The molecule has 39 heavy (non-hydrogen) atoms. The van der Waals surface area contributed by atoms with Crippen LogP contribution in [0.3, 0.4) is 0 Å². The first-order valence-corrected chi connectivity index (χ1v) is 14.1. The first-order valence-electron chi connectivity index (χ1n) is 13.3. The number of amides is 2. The molecule has 0 radical (unpaired) electrons. The fraction of sp³-hybridized carbons (Fsp3) is 0.483. The maximum atomic E-state index is 13.6. The van der Waals surface area contributed by atoms with E-state index in [1.807, 2.05) is 0 Å². The summed E-state index contributed by atoms with van der Waals surface area (Å²) in [4.78, 5) is 41.3. The van der Waals surface area contributed by atoms with Gasteiger partial charge >= 0.3 is 5.97 Å². The Kier molecular flexibility index (Phi) is 10.2. The topological polar surface area (TPSA) is 97.0 Å². The lowest BCUT2D eigenvalue weighted by Crippen LogP contribution is -2.50. The number of methoxy groups -OCH3 is 1. The van der Waals surface area contributed by atoms with Gasteiger partial charge in [-0.05, 0) is 55.6 Å². The number of esters is 1. The normalized spacial score (nSPS) is 17.8. The van der Waals surface area contributed by atoms with Crippen molar-refractivity contribution in [3.05, 3.63) is 63.6 Å². The van der Waals surface area contributed by atoms with Crippen molar-refractivity contribution in [1.82, 2.24) is 10.2 Å². The second kappa shape index (κ2) is 13.6. The molecule has 1 unspecified atom stereocenters. The third-order valence-electron chi connectivity index (χ3n) is 7.69. The van der Waals surface area contributed by atoms with Gasteiger partial charge < -0.3 is 20.1 Å². The van der Waals surface area contributed by atoms with Crippen LogP contribution in [0.15, 0.2) is 42.5 Å². The Morgan fingerprint density at radius 3 is 2.28 bits per heavy atom. The first kappa shape index (κ1) is 29.3. The van der Waals surface area contributed by atoms with E-state index in [0.29, 0.717) is 5.69 Å². The summed E-state index contributed by atoms with van der Waals surface area (Å²) in [6.45, 7) is 4.04. The standard InChI is InChI=1S/C29H35Cl2N3O5/c1-38-27(36)24(33-28(37)29(11-2-3-12-29)13-14-34-15-17-39-18-16-34)19-20-7-9-21(10-8-20)32-26(35)25-22(30)5-4-6-23(25)31/h4-10,24H,2-3,11-19H2,1H3,(H,32,35)(H,33,37). The number of halogens is 2. The SMILES string of the molecule is COC(=O)C(Cc1ccc(NC(=O)c2c(Cl)cccc2Cl)cc1)NC(=O)C1(CCN2CCOCC2)CCCC1. The third-order valence-corrected chi connectivity index (χ3v) is 8.32. The molecule has 0 aromatic heterocycles. The smallest absolute Gasteiger partial charge is 0.328 e. The third kappa shape index (κ3) is 7.51. The van der Waals surface area contributed by atoms with E-state index in [1.54, 1.807) is 42.5 Å². The van der Waals surface area contributed by atoms with Crippen molar-refractivity contribution >= 4 is 46.7 Å². The number of benzene rings is 2. The second-order valence-electron chi connectivity index (χ2n) is 10.2. The molecular weight excluding hydrogens is 541 g/mol. The lowest BCUT2D eigenvalue weighted by molar-refractivity contribution is -0.146. The second-order valence-corrected chi connectivity index (χ2v) is 11.0. The van der Waals surface area contributed by atoms with E-state index < -0.39 is 23.3 Å². The summed E-state index contributed by atoms with van der Waals surface area (Å²) in [5.41, 5.74) is 1.09. The fourth-order valence-electron chi connectivity index (χ4n) is 5.35. The molecule has 4 rings (SSSR count). The predicted octanol–water partition coefficient (Wildman–Crippen LogP) is 4.73. The average Bonchev–Trinajstić information content (AvgIpc) is 3.43. The molecule has 2 N–H and O–H groups in total. The lowest BCUT2D eigenvalue weighted by atomic mass is 9.81. The highest BCUT2D eigenvalue weighted by atomic mass is 35.5. The Balaban J connectivity index is 1.40. The summed E-state index contributed by atoms with van der Waals surface area (Å²) in [7, 11) is 1.32. The Hall–Kier alpha value is -2.65. The highest BCUT2D eigenvalue weighted by molar-refractivity contribution is 6.40. The van der Waals surface area contributed by atoms with Crippen molar-refractivity contribution < 1.29 is 23.9 Å². The van der Waals surface area contributed by atoms with Gasteiger partial charge in [0, 0.05) is 25.2 Å². The van der Waals surface area contributed by atoms with E-state index >= 15 is 0 Å². The number of nitrogens with one attached hydrogen (secondary N) is 2. The molecule has 2 aromatic carbocycles. The number of morpholine rings is 1. The predicted molar refractivity (Wildman–Crippen MR) is 151 cm³/mol. The molecule has 0 bridgehead atoms. The molecule has 2 aromatic rings. The number of rotatable bonds is 10. The Bertz CT molecular complexity index is 1140. The summed E-state index contributed by atoms with van der Waals surface area (Å²) in [6.07, 6.45) is 4.68. The van der Waals surface area contributed by atoms with Gasteiger partial charge in [0.15, 0.2) is 0 Å². The minimum absolute atomic E-state index is 0.0795. The highest BCUT2D eigenvalue weighted by Crippen LogP contribution is 2.41. The molecule has 210 valence electrons. The summed E-state index contributed by atoms with van der Waals surface area (Å²) < 4.78 is 10.5. The zero-order valence-corrected chi connectivity index (χ0v) is 23.7. The number of hydrogen-bond acceptors (Lipinski definition) is 6. The number of hydrogen-bond donors (Lipinski definition) is 2. The zero-order chi connectivity index (χ0) is 27.8. The van der Waals surface area contributed by atoms with Crippen LogP contribution in [-0.2, 0) is 25.5 Å². The van der Waals surface area contributed by atoms with Crippen molar-refractivity contribution in [2.75, 3.05) is 45.3 Å². The molecule has 1 saturated carbocycles. The Morgan fingerprint density at radius 1 is 1.03 bits per heavy atom. The summed E-state index contributed by atoms with van der Waals surface area (Å²) in [5, 5.41) is 6.32. The largest absolute Gasteiger partial charge is 0.467 e. The molecular formula is C29H35Cl2N3O5. The van der Waals surface area contributed by atoms with E-state index in [2.05, 4.69) is 15.5 Å². The van der Waals surface area contributed by atoms with Crippen molar-refractivity contribution in [1.29, 1.82) is 0 Å². The molecule has 2 amide bonds. The van der Waals surface area contributed by atoms with Crippen LogP contribution < -0.4 is 10.6 Å². The van der Waals surface area contributed by atoms with E-state index in [1.165, 1.54) is 7.11 Å². The number of carbonyl (C=O) groups is 3. The minimum Gasteiger partial charge on any atom is -0.467 e. The molecule has 0 spiro atoms. The monoisotopic (exact) mass is 575 g/mol. The molecule has 2 fully saturated rings. The molecule has 1 heterocycles. The van der Waals surface area contributed by atoms with Crippen LogP contribution >= 0.6 is 23.2 Å². The fourth-order valence-corrected chi connectivity index (χ4v) is 5.92. The van der Waals surface area contributed by atoms with Gasteiger partial charge in [-0.15, -0.1) is 0 Å². The van der Waals surface area contributed by atoms with Gasteiger partial charge in [-0.3, -0.25) is 14.5 Å². The maximum Gasteiger partial charge on any atom is 0.328 e. The van der Waals surface area contributed by atoms with E-state index in [-0.39, 0.29) is 27.9 Å². The van der Waals surface area contributed by atoms with Crippen LogP contribution in [-0.4, -0.2) is 68.7 Å². The summed E-state index contributed by atoms with van der Waals surface area (Å²) in [6, 6.07) is 11.1. The van der Waals surface area contributed by atoms with Gasteiger partial charge in [-0.2, -0.15) is 0 Å². The van der Waals surface area contributed by atoms with Crippen LogP contribution in [0.5, 0.6) is 0 Å². The number of ether oxygens (including phenoxy) is 2. The van der Waals surface area contributed by atoms with Crippen LogP contribution in [0.25, 0.3) is 0 Å². The molecule has 1 aliphatic heterocycles. The molecule has 1 aliphatic carbocycles. The van der Waals surface area contributed by atoms with Crippen LogP contribution in [0, 0.1) is 5.41 Å². The van der Waals surface area contributed by atoms with Crippen LogP contribution in [0.4, 0.5) is 5.69 Å². The van der Waals surface area contributed by atoms with Crippen LogP contribution in [0.1, 0.15) is 48.0 Å². The quantitative estimate of drug-likeness (QED) is 0.397. The highest BCUT2D eigenvalue weighted by Gasteiger charge is 2.42. The van der Waals surface area contributed by atoms with Crippen molar-refractivity contribution in [3.8, 4) is 0 Å². The van der Waals surface area contributed by atoms with Gasteiger partial charge in [0.2, 0.25) is 5.91 Å². The van der Waals surface area contributed by atoms with Crippen LogP contribution in [0.2, 0.25) is 10.0 Å². The molecule has 8 nitrogen and oxygen atoms in total. The van der Waals surface area contributed by atoms with Gasteiger partial charge in [0.25, 0.3) is 5.91 Å². The molecule has 1 saturated heterocycles. The van der Waals surface area contributed by atoms with Gasteiger partial charge in [-0.1, -0.05) is 54.2 Å². The maximum absolute atomic E-state index is 13.6. The van der Waals surface area contributed by atoms with E-state index in [9.17, 15) is 14.4 Å². The number of carbonyl (C=O) groups excluding carboxylic acids is 3. The zero-order valence-electron chi connectivity index (χ0n) is 22.1. The van der Waals surface area contributed by atoms with Crippen molar-refractivity contribution in [2.24, 2.45) is 5.41 Å². The molecule has 10 heteroatoms.